The third kappa shape index (κ3) is 76.1. The van der Waals surface area contributed by atoms with Crippen molar-refractivity contribution in [2.45, 2.75) is 457 Å². The SMILES string of the molecule is CCCCCCCCCCCCCCCCCCCC(=O)OC[C@H](COP(=O)(O)OC[C@@H](O)COP(=O)(O)OC[C@@H](COC(=O)CCCCCCCCCCCCCCC)OC(=O)CCCCCCCCCCCCCC(C)C)OC(=O)CCCCCCCCCCCCCCCCCCC. The molecule has 0 saturated heterocycles. The van der Waals surface area contributed by atoms with Crippen LogP contribution in [0.5, 0.6) is 0 Å². The number of unbranched alkanes of at least 4 members (excludes halogenated alkanes) is 54. The van der Waals surface area contributed by atoms with Crippen LogP contribution in [0.1, 0.15) is 439 Å². The predicted molar refractivity (Wildman–Crippen MR) is 414 cm³/mol. The van der Waals surface area contributed by atoms with Gasteiger partial charge in [0.05, 0.1) is 26.4 Å². The van der Waals surface area contributed by atoms with Crippen LogP contribution in [0, 0.1) is 5.92 Å². The van der Waals surface area contributed by atoms with E-state index in [4.69, 9.17) is 37.0 Å². The van der Waals surface area contributed by atoms with Gasteiger partial charge in [-0.1, -0.05) is 388 Å². The number of aliphatic hydroxyl groups is 1. The predicted octanol–water partition coefficient (Wildman–Crippen LogP) is 24.8. The normalized spacial score (nSPS) is 13.8. The monoisotopic (exact) mass is 1480 g/mol. The van der Waals surface area contributed by atoms with E-state index in [0.29, 0.717) is 25.7 Å². The lowest BCUT2D eigenvalue weighted by Gasteiger charge is -2.21. The molecule has 19 heteroatoms. The van der Waals surface area contributed by atoms with Crippen molar-refractivity contribution in [3.63, 3.8) is 0 Å². The molecular formula is C82H160O17P2. The second-order valence-electron chi connectivity index (χ2n) is 30.0. The van der Waals surface area contributed by atoms with Crippen LogP contribution in [0.25, 0.3) is 0 Å². The van der Waals surface area contributed by atoms with Crippen LogP contribution < -0.4 is 0 Å². The summed E-state index contributed by atoms with van der Waals surface area (Å²) < 4.78 is 68.8. The molecule has 5 atom stereocenters. The molecule has 17 nitrogen and oxygen atoms in total. The Morgan fingerprint density at radius 2 is 0.455 bits per heavy atom. The number of ether oxygens (including phenoxy) is 4. The molecule has 0 heterocycles. The zero-order valence-electron chi connectivity index (χ0n) is 66.1. The summed E-state index contributed by atoms with van der Waals surface area (Å²) in [7, 11) is -9.92. The van der Waals surface area contributed by atoms with E-state index in [1.165, 1.54) is 263 Å². The highest BCUT2D eigenvalue weighted by Crippen LogP contribution is 2.45. The van der Waals surface area contributed by atoms with Crippen molar-refractivity contribution < 1.29 is 80.2 Å². The molecule has 0 radical (unpaired) electrons. The minimum absolute atomic E-state index is 0.107. The molecule has 0 aromatic carbocycles. The Morgan fingerprint density at radius 1 is 0.267 bits per heavy atom. The third-order valence-electron chi connectivity index (χ3n) is 19.3. The van der Waals surface area contributed by atoms with Gasteiger partial charge in [0.2, 0.25) is 0 Å². The number of aliphatic hydroxyl groups excluding tert-OH is 1. The molecular weight excluding hydrogens is 1320 g/mol. The Bertz CT molecular complexity index is 1930. The average Bonchev–Trinajstić information content (AvgIpc) is 0.930. The number of hydrogen-bond donors (Lipinski definition) is 3. The van der Waals surface area contributed by atoms with Gasteiger partial charge in [0.25, 0.3) is 0 Å². The highest BCUT2D eigenvalue weighted by atomic mass is 31.2. The molecule has 3 N–H and O–H groups in total. The van der Waals surface area contributed by atoms with Gasteiger partial charge in [-0.2, -0.15) is 0 Å². The number of carbonyl (C=O) groups is 4. The van der Waals surface area contributed by atoms with E-state index in [9.17, 15) is 43.2 Å². The van der Waals surface area contributed by atoms with Crippen molar-refractivity contribution in [3.8, 4) is 0 Å². The van der Waals surface area contributed by atoms with Gasteiger partial charge in [-0.05, 0) is 31.6 Å². The fourth-order valence-electron chi connectivity index (χ4n) is 12.8. The van der Waals surface area contributed by atoms with Crippen LogP contribution in [-0.2, 0) is 65.4 Å². The zero-order valence-corrected chi connectivity index (χ0v) is 67.8. The Balaban J connectivity index is 5.26. The first-order valence-corrected chi connectivity index (χ1v) is 45.6. The molecule has 600 valence electrons. The molecule has 0 saturated carbocycles. The first-order chi connectivity index (χ1) is 49.0. The van der Waals surface area contributed by atoms with Gasteiger partial charge < -0.3 is 33.8 Å². The fourth-order valence-corrected chi connectivity index (χ4v) is 14.3. The summed E-state index contributed by atoms with van der Waals surface area (Å²) in [6, 6.07) is 0. The van der Waals surface area contributed by atoms with Crippen molar-refractivity contribution in [2.24, 2.45) is 5.92 Å². The number of phosphoric acid groups is 2. The van der Waals surface area contributed by atoms with E-state index in [-0.39, 0.29) is 25.7 Å². The maximum absolute atomic E-state index is 13.1. The Hall–Kier alpha value is -1.94. The molecule has 2 unspecified atom stereocenters. The van der Waals surface area contributed by atoms with Crippen LogP contribution in [0.3, 0.4) is 0 Å². The van der Waals surface area contributed by atoms with E-state index in [0.717, 1.165) is 95.8 Å². The molecule has 0 rings (SSSR count). The van der Waals surface area contributed by atoms with Crippen molar-refractivity contribution in [1.82, 2.24) is 0 Å². The number of carbonyl (C=O) groups excluding carboxylic acids is 4. The van der Waals surface area contributed by atoms with Gasteiger partial charge in [0.15, 0.2) is 12.2 Å². The largest absolute Gasteiger partial charge is 0.472 e. The van der Waals surface area contributed by atoms with E-state index in [2.05, 4.69) is 34.6 Å². The van der Waals surface area contributed by atoms with Crippen molar-refractivity contribution in [1.29, 1.82) is 0 Å². The standard InChI is InChI=1S/C82H160O17P2/c1-6-9-12-15-18-21-24-27-29-31-33-36-41-46-51-56-61-66-80(85)93-71-77(98-81(86)67-62-57-52-47-42-37-34-32-30-28-25-22-19-16-13-10-7-2)73-96-100(88,89)94-69-76(83)70-95-101(90,91)97-74-78(72-92-79(84)65-60-55-50-45-40-35-26-23-20-17-14-11-8-3)99-82(87)68-63-58-53-48-43-38-39-44-49-54-59-64-75(4)5/h75-78,83H,6-74H2,1-5H3,(H,88,89)(H,90,91)/t76-,77-,78-/m1/s1. The summed E-state index contributed by atoms with van der Waals surface area (Å²) in [4.78, 5) is 73.1. The fraction of sp³-hybridized carbons (Fsp3) is 0.951. The topological polar surface area (TPSA) is 237 Å². The van der Waals surface area contributed by atoms with Gasteiger partial charge in [-0.25, -0.2) is 9.13 Å². The molecule has 0 aromatic rings. The smallest absolute Gasteiger partial charge is 0.462 e. The minimum Gasteiger partial charge on any atom is -0.462 e. The van der Waals surface area contributed by atoms with Crippen molar-refractivity contribution in [2.75, 3.05) is 39.6 Å². The number of esters is 4. The van der Waals surface area contributed by atoms with E-state index in [1.807, 2.05) is 0 Å². The third-order valence-corrected chi connectivity index (χ3v) is 21.2. The number of rotatable bonds is 82. The summed E-state index contributed by atoms with van der Waals surface area (Å²) >= 11 is 0. The molecule has 0 aliphatic rings. The van der Waals surface area contributed by atoms with E-state index < -0.39 is 97.5 Å². The summed E-state index contributed by atoms with van der Waals surface area (Å²) in [6.07, 6.45) is 66.4. The maximum Gasteiger partial charge on any atom is 0.472 e. The van der Waals surface area contributed by atoms with Crippen LogP contribution in [0.4, 0.5) is 0 Å². The first kappa shape index (κ1) is 99.1. The van der Waals surface area contributed by atoms with E-state index >= 15 is 0 Å². The second kappa shape index (κ2) is 74.9. The van der Waals surface area contributed by atoms with Gasteiger partial charge in [0.1, 0.15) is 19.3 Å². The molecule has 0 bridgehead atoms. The maximum atomic E-state index is 13.1. The summed E-state index contributed by atoms with van der Waals surface area (Å²) in [5, 5.41) is 10.7. The molecule has 0 spiro atoms. The second-order valence-corrected chi connectivity index (χ2v) is 32.9. The molecule has 101 heavy (non-hydrogen) atoms. The van der Waals surface area contributed by atoms with Gasteiger partial charge in [0, 0.05) is 25.7 Å². The van der Waals surface area contributed by atoms with Crippen molar-refractivity contribution in [3.05, 3.63) is 0 Å². The summed E-state index contributed by atoms with van der Waals surface area (Å²) in [6.45, 7) is 7.35. The molecule has 0 amide bonds. The first-order valence-electron chi connectivity index (χ1n) is 42.6. The summed E-state index contributed by atoms with van der Waals surface area (Å²) in [5.74, 6) is -1.34. The summed E-state index contributed by atoms with van der Waals surface area (Å²) in [5.41, 5.74) is 0. The molecule has 0 aliphatic carbocycles. The number of hydrogen-bond acceptors (Lipinski definition) is 15. The molecule has 0 fully saturated rings. The Kier molecular flexibility index (Phi) is 73.5. The average molecular weight is 1480 g/mol. The lowest BCUT2D eigenvalue weighted by atomic mass is 10.0. The highest BCUT2D eigenvalue weighted by Gasteiger charge is 2.30. The minimum atomic E-state index is -4.96. The van der Waals surface area contributed by atoms with Crippen molar-refractivity contribution >= 4 is 39.5 Å². The lowest BCUT2D eigenvalue weighted by Crippen LogP contribution is -2.30. The lowest BCUT2D eigenvalue weighted by molar-refractivity contribution is -0.161. The van der Waals surface area contributed by atoms with Crippen LogP contribution in [0.2, 0.25) is 0 Å². The molecule has 0 aromatic heterocycles. The Labute approximate surface area is 619 Å². The quantitative estimate of drug-likeness (QED) is 0.0222. The number of phosphoric ester groups is 2. The van der Waals surface area contributed by atoms with E-state index in [1.54, 1.807) is 0 Å². The van der Waals surface area contributed by atoms with Gasteiger partial charge in [-0.3, -0.25) is 37.3 Å². The van der Waals surface area contributed by atoms with Gasteiger partial charge >= 0.3 is 39.5 Å². The highest BCUT2D eigenvalue weighted by molar-refractivity contribution is 7.47. The van der Waals surface area contributed by atoms with Crippen LogP contribution in [-0.4, -0.2) is 96.7 Å². The Morgan fingerprint density at radius 3 is 0.673 bits per heavy atom. The zero-order chi connectivity index (χ0) is 74.1. The molecule has 0 aliphatic heterocycles. The van der Waals surface area contributed by atoms with Crippen LogP contribution in [0.15, 0.2) is 0 Å². The van der Waals surface area contributed by atoms with Gasteiger partial charge in [-0.15, -0.1) is 0 Å². The van der Waals surface area contributed by atoms with Crippen LogP contribution >= 0.6 is 15.6 Å².